The highest BCUT2D eigenvalue weighted by Gasteiger charge is 2.33. The third-order valence-corrected chi connectivity index (χ3v) is 6.28. The molecule has 0 bridgehead atoms. The Morgan fingerprint density at radius 1 is 1.13 bits per heavy atom. The molecule has 5 nitrogen and oxygen atoms in total. The molecule has 31 heavy (non-hydrogen) atoms. The van der Waals surface area contributed by atoms with Crippen LogP contribution in [0.15, 0.2) is 76.4 Å². The van der Waals surface area contributed by atoms with Gasteiger partial charge in [-0.2, -0.15) is 0 Å². The number of hydrogen-bond acceptors (Lipinski definition) is 6. The minimum atomic E-state index is -0.148. The van der Waals surface area contributed by atoms with E-state index in [1.165, 1.54) is 11.8 Å². The molecule has 0 aliphatic carbocycles. The molecule has 156 valence electrons. The maximum Gasteiger partial charge on any atom is 0.270 e. The van der Waals surface area contributed by atoms with E-state index in [4.69, 9.17) is 21.7 Å². The number of aromatic nitrogens is 1. The van der Waals surface area contributed by atoms with Crippen LogP contribution in [-0.4, -0.2) is 22.3 Å². The van der Waals surface area contributed by atoms with Crippen molar-refractivity contribution in [3.05, 3.63) is 87.5 Å². The van der Waals surface area contributed by atoms with Gasteiger partial charge in [0.05, 0.1) is 17.7 Å². The summed E-state index contributed by atoms with van der Waals surface area (Å²) in [6, 6.07) is 16.9. The minimum Gasteiger partial charge on any atom is -0.493 e. The molecule has 0 spiro atoms. The van der Waals surface area contributed by atoms with Gasteiger partial charge in [-0.05, 0) is 59.7 Å². The number of pyridine rings is 1. The van der Waals surface area contributed by atoms with Crippen LogP contribution in [0.1, 0.15) is 11.1 Å². The van der Waals surface area contributed by atoms with Crippen LogP contribution in [0.3, 0.4) is 0 Å². The lowest BCUT2D eigenvalue weighted by Gasteiger charge is -2.14. The zero-order valence-electron chi connectivity index (χ0n) is 16.4. The molecule has 0 atom stereocenters. The van der Waals surface area contributed by atoms with Crippen LogP contribution >= 0.6 is 39.9 Å². The van der Waals surface area contributed by atoms with Crippen molar-refractivity contribution in [3.8, 4) is 11.5 Å². The first-order valence-corrected chi connectivity index (χ1v) is 11.3. The Kier molecular flexibility index (Phi) is 6.70. The van der Waals surface area contributed by atoms with E-state index in [9.17, 15) is 4.79 Å². The number of hydrogen-bond donors (Lipinski definition) is 0. The highest BCUT2D eigenvalue weighted by Crippen LogP contribution is 2.38. The number of amides is 1. The molecular weight excluding hydrogens is 496 g/mol. The summed E-state index contributed by atoms with van der Waals surface area (Å²) in [5.74, 6) is 1.06. The summed E-state index contributed by atoms with van der Waals surface area (Å²) < 4.78 is 12.8. The third-order valence-electron chi connectivity index (χ3n) is 4.49. The Morgan fingerprint density at radius 3 is 2.68 bits per heavy atom. The SMILES string of the molecule is COc1cc(/C=C2/SC(=S)N(c3cccc(Br)c3)C2=O)ccc1OCc1ccncc1. The summed E-state index contributed by atoms with van der Waals surface area (Å²) in [6.45, 7) is 0.406. The summed E-state index contributed by atoms with van der Waals surface area (Å²) in [4.78, 5) is 19.1. The maximum absolute atomic E-state index is 13.0. The summed E-state index contributed by atoms with van der Waals surface area (Å²) in [6.07, 6.45) is 5.26. The molecule has 0 radical (unpaired) electrons. The molecule has 1 aliphatic heterocycles. The van der Waals surface area contributed by atoms with Gasteiger partial charge in [-0.1, -0.05) is 52.0 Å². The Bertz CT molecular complexity index is 1170. The lowest BCUT2D eigenvalue weighted by Crippen LogP contribution is -2.27. The fourth-order valence-electron chi connectivity index (χ4n) is 2.99. The van der Waals surface area contributed by atoms with Crippen molar-refractivity contribution < 1.29 is 14.3 Å². The van der Waals surface area contributed by atoms with Gasteiger partial charge >= 0.3 is 0 Å². The second-order valence-corrected chi connectivity index (χ2v) is 9.14. The first kappa shape index (κ1) is 21.5. The van der Waals surface area contributed by atoms with E-state index in [0.29, 0.717) is 27.3 Å². The first-order valence-electron chi connectivity index (χ1n) is 9.28. The van der Waals surface area contributed by atoms with Gasteiger partial charge in [-0.3, -0.25) is 14.7 Å². The Labute approximate surface area is 198 Å². The third kappa shape index (κ3) is 4.98. The molecule has 0 N–H and O–H groups in total. The largest absolute Gasteiger partial charge is 0.493 e. The fraction of sp³-hybridized carbons (Fsp3) is 0.0870. The molecule has 4 rings (SSSR count). The van der Waals surface area contributed by atoms with E-state index in [1.807, 2.05) is 60.7 Å². The smallest absolute Gasteiger partial charge is 0.270 e. The second-order valence-electron chi connectivity index (χ2n) is 6.55. The molecular formula is C23H17BrN2O3S2. The second kappa shape index (κ2) is 9.64. The highest BCUT2D eigenvalue weighted by atomic mass is 79.9. The number of carbonyl (C=O) groups excluding carboxylic acids is 1. The summed E-state index contributed by atoms with van der Waals surface area (Å²) in [5.41, 5.74) is 2.57. The van der Waals surface area contributed by atoms with Gasteiger partial charge in [0.25, 0.3) is 5.91 Å². The summed E-state index contributed by atoms with van der Waals surface area (Å²) in [5, 5.41) is 0. The molecule has 1 amide bonds. The molecule has 1 aliphatic rings. The lowest BCUT2D eigenvalue weighted by atomic mass is 10.1. The number of halogens is 1. The number of carbonyl (C=O) groups is 1. The van der Waals surface area contributed by atoms with Crippen molar-refractivity contribution >= 4 is 61.9 Å². The monoisotopic (exact) mass is 512 g/mol. The number of benzene rings is 2. The van der Waals surface area contributed by atoms with Crippen LogP contribution in [0, 0.1) is 0 Å². The molecule has 2 heterocycles. The standard InChI is InChI=1S/C23H17BrN2O3S2/c1-28-20-11-16(5-6-19(20)29-14-15-7-9-25-10-8-15)12-21-22(27)26(23(30)31-21)18-4-2-3-17(24)13-18/h2-13H,14H2,1H3/b21-12+. The number of methoxy groups -OCH3 is 1. The maximum atomic E-state index is 13.0. The van der Waals surface area contributed by atoms with E-state index in [-0.39, 0.29) is 5.91 Å². The van der Waals surface area contributed by atoms with E-state index in [2.05, 4.69) is 20.9 Å². The average molecular weight is 513 g/mol. The zero-order chi connectivity index (χ0) is 21.8. The van der Waals surface area contributed by atoms with Gasteiger partial charge in [0.15, 0.2) is 15.8 Å². The van der Waals surface area contributed by atoms with Gasteiger partial charge in [0, 0.05) is 16.9 Å². The number of rotatable bonds is 6. The number of ether oxygens (including phenoxy) is 2. The zero-order valence-corrected chi connectivity index (χ0v) is 19.7. The van der Waals surface area contributed by atoms with Crippen LogP contribution in [0.25, 0.3) is 6.08 Å². The molecule has 0 unspecified atom stereocenters. The highest BCUT2D eigenvalue weighted by molar-refractivity contribution is 9.10. The Morgan fingerprint density at radius 2 is 1.94 bits per heavy atom. The van der Waals surface area contributed by atoms with Gasteiger partial charge < -0.3 is 9.47 Å². The molecule has 1 saturated heterocycles. The predicted octanol–water partition coefficient (Wildman–Crippen LogP) is 5.84. The Hall–Kier alpha value is -2.68. The predicted molar refractivity (Wildman–Crippen MR) is 131 cm³/mol. The van der Waals surface area contributed by atoms with E-state index < -0.39 is 0 Å². The molecule has 2 aromatic carbocycles. The van der Waals surface area contributed by atoms with Gasteiger partial charge in [-0.15, -0.1) is 0 Å². The molecule has 8 heteroatoms. The van der Waals surface area contributed by atoms with Gasteiger partial charge in [-0.25, -0.2) is 0 Å². The van der Waals surface area contributed by atoms with Crippen LogP contribution in [0.5, 0.6) is 11.5 Å². The quantitative estimate of drug-likeness (QED) is 0.305. The molecule has 3 aromatic rings. The fourth-order valence-corrected chi connectivity index (χ4v) is 4.68. The lowest BCUT2D eigenvalue weighted by molar-refractivity contribution is -0.113. The molecule has 1 aromatic heterocycles. The van der Waals surface area contributed by atoms with Crippen molar-refractivity contribution in [2.24, 2.45) is 0 Å². The Balaban J connectivity index is 1.54. The van der Waals surface area contributed by atoms with Crippen LogP contribution in [0.4, 0.5) is 5.69 Å². The normalized spacial score (nSPS) is 14.9. The van der Waals surface area contributed by atoms with Crippen molar-refractivity contribution in [3.63, 3.8) is 0 Å². The van der Waals surface area contributed by atoms with E-state index in [0.717, 1.165) is 21.3 Å². The number of nitrogens with zero attached hydrogens (tertiary/aromatic N) is 2. The number of thiocarbonyl (C=S) groups is 1. The topological polar surface area (TPSA) is 51.7 Å². The van der Waals surface area contributed by atoms with Crippen molar-refractivity contribution in [2.75, 3.05) is 12.0 Å². The van der Waals surface area contributed by atoms with Crippen LogP contribution < -0.4 is 14.4 Å². The van der Waals surface area contributed by atoms with Crippen LogP contribution in [-0.2, 0) is 11.4 Å². The van der Waals surface area contributed by atoms with E-state index >= 15 is 0 Å². The first-order chi connectivity index (χ1) is 15.0. The van der Waals surface area contributed by atoms with Crippen molar-refractivity contribution in [2.45, 2.75) is 6.61 Å². The molecule has 0 saturated carbocycles. The van der Waals surface area contributed by atoms with E-state index in [1.54, 1.807) is 24.4 Å². The summed E-state index contributed by atoms with van der Waals surface area (Å²) in [7, 11) is 1.59. The summed E-state index contributed by atoms with van der Waals surface area (Å²) >= 11 is 10.2. The number of thioether (sulfide) groups is 1. The molecule has 1 fully saturated rings. The van der Waals surface area contributed by atoms with Crippen molar-refractivity contribution in [1.82, 2.24) is 4.98 Å². The van der Waals surface area contributed by atoms with Crippen LogP contribution in [0.2, 0.25) is 0 Å². The average Bonchev–Trinajstić information content (AvgIpc) is 3.06. The van der Waals surface area contributed by atoms with Gasteiger partial charge in [0.1, 0.15) is 6.61 Å². The minimum absolute atomic E-state index is 0.148. The van der Waals surface area contributed by atoms with Gasteiger partial charge in [0.2, 0.25) is 0 Å². The van der Waals surface area contributed by atoms with Crippen molar-refractivity contribution in [1.29, 1.82) is 0 Å². The number of anilines is 1.